The minimum absolute atomic E-state index is 0.421. The van der Waals surface area contributed by atoms with Gasteiger partial charge in [0.05, 0.1) is 0 Å². The van der Waals surface area contributed by atoms with Crippen molar-refractivity contribution in [3.05, 3.63) is 24.3 Å². The largest absolute Gasteiger partial charge is 0.524 e. The summed E-state index contributed by atoms with van der Waals surface area (Å²) in [6, 6.07) is 0. The third-order valence-corrected chi connectivity index (χ3v) is 1.45. The fraction of sp³-hybridized carbons (Fsp3) is 0. The molecule has 10 heteroatoms. The van der Waals surface area contributed by atoms with E-state index >= 15 is 0 Å². The summed E-state index contributed by atoms with van der Waals surface area (Å²) in [5.41, 5.74) is 0. The summed E-state index contributed by atoms with van der Waals surface area (Å²) in [5, 5.41) is 0. The van der Waals surface area contributed by atoms with Crippen molar-refractivity contribution in [3.63, 3.8) is 0 Å². The highest BCUT2D eigenvalue weighted by Gasteiger charge is 2.17. The van der Waals surface area contributed by atoms with Crippen LogP contribution in [0.2, 0.25) is 0 Å². The molecule has 0 spiro atoms. The second kappa shape index (κ2) is 6.58. The Bertz CT molecular complexity index is 458. The number of carbonyl (C=O) groups excluding carboxylic acids is 6. The van der Waals surface area contributed by atoms with Gasteiger partial charge in [-0.3, -0.25) is 0 Å². The number of hydrogen-bond donors (Lipinski definition) is 0. The first-order chi connectivity index (χ1) is 9.36. The van der Waals surface area contributed by atoms with Crippen LogP contribution in [0.5, 0.6) is 0 Å². The summed E-state index contributed by atoms with van der Waals surface area (Å²) < 4.78 is 15.7. The molecule has 0 unspecified atom stereocenters. The molecule has 0 N–H and O–H groups in total. The fourth-order valence-electron chi connectivity index (χ4n) is 0.778. The lowest BCUT2D eigenvalue weighted by molar-refractivity contribution is -0.144. The third-order valence-electron chi connectivity index (χ3n) is 1.45. The zero-order valence-corrected chi connectivity index (χ0v) is 9.39. The van der Waals surface area contributed by atoms with Crippen LogP contribution in [0.25, 0.3) is 0 Å². The Labute approximate surface area is 109 Å². The van der Waals surface area contributed by atoms with Crippen LogP contribution < -0.4 is 0 Å². The number of cyclic esters (lactones) is 8. The lowest BCUT2D eigenvalue weighted by Gasteiger charge is -2.01. The van der Waals surface area contributed by atoms with E-state index < -0.39 is 36.2 Å². The van der Waals surface area contributed by atoms with E-state index in [4.69, 9.17) is 0 Å². The highest BCUT2D eigenvalue weighted by atomic mass is 16.8. The molecular weight excluding hydrogens is 280 g/mol. The van der Waals surface area contributed by atoms with Gasteiger partial charge in [0, 0.05) is 24.3 Å². The van der Waals surface area contributed by atoms with E-state index in [0.29, 0.717) is 24.3 Å². The van der Waals surface area contributed by atoms with E-state index in [1.54, 1.807) is 0 Å². The maximum Gasteiger partial charge on any atom is 0.524 e. The average molecular weight is 284 g/mol. The summed E-state index contributed by atoms with van der Waals surface area (Å²) in [6.07, 6.45) is -1.67. The van der Waals surface area contributed by atoms with Crippen LogP contribution in [-0.4, -0.2) is 36.2 Å². The van der Waals surface area contributed by atoms with Crippen LogP contribution in [-0.2, 0) is 38.1 Å². The molecule has 1 aliphatic heterocycles. The number of hydrogen-bond acceptors (Lipinski definition) is 10. The quantitative estimate of drug-likeness (QED) is 0.423. The number of carbonyl (C=O) groups is 6. The van der Waals surface area contributed by atoms with Crippen LogP contribution in [0, 0.1) is 0 Å². The van der Waals surface area contributed by atoms with Crippen molar-refractivity contribution in [1.29, 1.82) is 0 Å². The average Bonchev–Trinajstić information content (AvgIpc) is 2.32. The Kier molecular flexibility index (Phi) is 4.86. The van der Waals surface area contributed by atoms with Gasteiger partial charge in [-0.25, -0.2) is 28.8 Å². The monoisotopic (exact) mass is 284 g/mol. The molecule has 0 bridgehead atoms. The molecule has 0 radical (unpaired) electrons. The van der Waals surface area contributed by atoms with Gasteiger partial charge in [0.2, 0.25) is 0 Å². The van der Waals surface area contributed by atoms with Crippen molar-refractivity contribution in [2.75, 3.05) is 0 Å². The van der Waals surface area contributed by atoms with Gasteiger partial charge in [0.1, 0.15) is 0 Å². The summed E-state index contributed by atoms with van der Waals surface area (Å²) >= 11 is 0. The first-order valence-electron chi connectivity index (χ1n) is 4.68. The molecule has 0 atom stereocenters. The van der Waals surface area contributed by atoms with Crippen LogP contribution in [0.3, 0.4) is 0 Å². The molecule has 1 heterocycles. The van der Waals surface area contributed by atoms with Crippen LogP contribution in [0.4, 0.5) is 9.59 Å². The van der Waals surface area contributed by atoms with E-state index in [2.05, 4.69) is 18.9 Å². The second-order valence-electron chi connectivity index (χ2n) is 2.85. The lowest BCUT2D eigenvalue weighted by atomic mass is 10.5. The van der Waals surface area contributed by atoms with Crippen LogP contribution in [0.15, 0.2) is 24.3 Å². The predicted octanol–water partition coefficient (Wildman–Crippen LogP) is -0.475. The van der Waals surface area contributed by atoms with Gasteiger partial charge in [-0.2, -0.15) is 0 Å². The molecule has 0 amide bonds. The molecule has 104 valence electrons. The molecule has 0 aromatic heterocycles. The highest BCUT2D eigenvalue weighted by molar-refractivity contribution is 6.02. The summed E-state index contributed by atoms with van der Waals surface area (Å²) in [4.78, 5) is 65.4. The standard InChI is InChI=1S/C10H4O10/c11-5-1-2-6(12)18-10(16)20-8(14)4-3-7(13)19-9(15)17-5/h1-4H/b2-1-,4-3-. The summed E-state index contributed by atoms with van der Waals surface area (Å²) in [7, 11) is 0. The smallest absolute Gasteiger partial charge is 0.357 e. The second-order valence-corrected chi connectivity index (χ2v) is 2.85. The normalized spacial score (nSPS) is 21.0. The van der Waals surface area contributed by atoms with E-state index in [1.165, 1.54) is 0 Å². The molecule has 0 aromatic carbocycles. The number of rotatable bonds is 0. The zero-order valence-electron chi connectivity index (χ0n) is 9.39. The van der Waals surface area contributed by atoms with Crippen LogP contribution >= 0.6 is 0 Å². The van der Waals surface area contributed by atoms with Crippen molar-refractivity contribution in [2.24, 2.45) is 0 Å². The van der Waals surface area contributed by atoms with Crippen molar-refractivity contribution >= 4 is 36.2 Å². The summed E-state index contributed by atoms with van der Waals surface area (Å²) in [5.74, 6) is -5.43. The van der Waals surface area contributed by atoms with Crippen molar-refractivity contribution in [2.45, 2.75) is 0 Å². The van der Waals surface area contributed by atoms with Crippen molar-refractivity contribution in [3.8, 4) is 0 Å². The molecule has 0 saturated carbocycles. The third kappa shape index (κ3) is 5.35. The molecule has 1 rings (SSSR count). The zero-order chi connectivity index (χ0) is 15.1. The highest BCUT2D eigenvalue weighted by Crippen LogP contribution is 1.96. The minimum Gasteiger partial charge on any atom is -0.357 e. The van der Waals surface area contributed by atoms with Gasteiger partial charge in [-0.1, -0.05) is 0 Å². The van der Waals surface area contributed by atoms with E-state index in [9.17, 15) is 28.8 Å². The molecule has 20 heavy (non-hydrogen) atoms. The fourth-order valence-corrected chi connectivity index (χ4v) is 0.778. The topological polar surface area (TPSA) is 139 Å². The SMILES string of the molecule is O=C1/C=C\C(=O)OC(=O)OC(=O)/C=C\C(=O)OC(=O)O1. The first-order valence-corrected chi connectivity index (χ1v) is 4.68. The summed E-state index contributed by atoms with van der Waals surface area (Å²) in [6.45, 7) is 0. The van der Waals surface area contributed by atoms with E-state index in [1.807, 2.05) is 0 Å². The maximum atomic E-state index is 10.9. The Hall–Kier alpha value is -3.30. The molecule has 1 aliphatic rings. The van der Waals surface area contributed by atoms with Crippen LogP contribution in [0.1, 0.15) is 0 Å². The Balaban J connectivity index is 2.89. The Morgan fingerprint density at radius 3 is 0.850 bits per heavy atom. The predicted molar refractivity (Wildman–Crippen MR) is 53.4 cm³/mol. The van der Waals surface area contributed by atoms with Gasteiger partial charge < -0.3 is 18.9 Å². The lowest BCUT2D eigenvalue weighted by Crippen LogP contribution is -2.18. The van der Waals surface area contributed by atoms with Gasteiger partial charge in [0.15, 0.2) is 0 Å². The van der Waals surface area contributed by atoms with Gasteiger partial charge in [-0.05, 0) is 0 Å². The van der Waals surface area contributed by atoms with E-state index in [-0.39, 0.29) is 0 Å². The van der Waals surface area contributed by atoms with Gasteiger partial charge in [-0.15, -0.1) is 0 Å². The van der Waals surface area contributed by atoms with E-state index in [0.717, 1.165) is 0 Å². The Morgan fingerprint density at radius 2 is 0.650 bits per heavy atom. The first kappa shape index (κ1) is 14.8. The Morgan fingerprint density at radius 1 is 0.450 bits per heavy atom. The van der Waals surface area contributed by atoms with Crippen molar-refractivity contribution in [1.82, 2.24) is 0 Å². The molecule has 0 fully saturated rings. The van der Waals surface area contributed by atoms with Gasteiger partial charge >= 0.3 is 36.2 Å². The molecule has 0 aromatic rings. The molecule has 0 saturated heterocycles. The van der Waals surface area contributed by atoms with Crippen molar-refractivity contribution < 1.29 is 47.7 Å². The van der Waals surface area contributed by atoms with Gasteiger partial charge in [0.25, 0.3) is 0 Å². The minimum atomic E-state index is -1.68. The molecular formula is C10H4O10. The maximum absolute atomic E-state index is 10.9. The molecule has 0 aliphatic carbocycles. The number of esters is 4. The molecule has 10 nitrogen and oxygen atoms in total. The number of ether oxygens (including phenoxy) is 4.